The second kappa shape index (κ2) is 8.54. The predicted octanol–water partition coefficient (Wildman–Crippen LogP) is 3.40. The standard InChI is InChI=1S/C22H25N3O2/c1-16-13-17(2)25(24-16)20-9-7-18(8-10-20)11-12-23-22(26)15-19-5-4-6-21(14-19)27-3/h4-10,13-14H,11-12,15H2,1-3H3,(H,23,26). The van der Waals surface area contributed by atoms with E-state index in [9.17, 15) is 4.79 Å². The zero-order valence-electron chi connectivity index (χ0n) is 16.0. The van der Waals surface area contributed by atoms with Gasteiger partial charge in [0.05, 0.1) is 24.9 Å². The molecular formula is C22H25N3O2. The quantitative estimate of drug-likeness (QED) is 0.700. The lowest BCUT2D eigenvalue weighted by Gasteiger charge is -2.08. The maximum absolute atomic E-state index is 12.1. The van der Waals surface area contributed by atoms with Crippen LogP contribution in [0.25, 0.3) is 5.69 Å². The number of aryl methyl sites for hydroxylation is 2. The molecule has 0 radical (unpaired) electrons. The van der Waals surface area contributed by atoms with E-state index in [0.717, 1.165) is 34.8 Å². The summed E-state index contributed by atoms with van der Waals surface area (Å²) in [6.45, 7) is 4.65. The van der Waals surface area contributed by atoms with Gasteiger partial charge in [-0.1, -0.05) is 24.3 Å². The number of nitrogens with zero attached hydrogens (tertiary/aromatic N) is 2. The minimum Gasteiger partial charge on any atom is -0.497 e. The lowest BCUT2D eigenvalue weighted by molar-refractivity contribution is -0.120. The maximum Gasteiger partial charge on any atom is 0.224 e. The molecule has 0 atom stereocenters. The number of hydrogen-bond acceptors (Lipinski definition) is 3. The fourth-order valence-corrected chi connectivity index (χ4v) is 3.07. The molecule has 0 unspecified atom stereocenters. The molecule has 2 aromatic carbocycles. The van der Waals surface area contributed by atoms with Crippen LogP contribution in [-0.4, -0.2) is 29.3 Å². The Morgan fingerprint density at radius 3 is 2.52 bits per heavy atom. The molecule has 1 N–H and O–H groups in total. The lowest BCUT2D eigenvalue weighted by atomic mass is 10.1. The van der Waals surface area contributed by atoms with Crippen molar-refractivity contribution >= 4 is 5.91 Å². The number of amides is 1. The van der Waals surface area contributed by atoms with Crippen molar-refractivity contribution in [2.45, 2.75) is 26.7 Å². The average Bonchev–Trinajstić information content (AvgIpc) is 3.00. The molecular weight excluding hydrogens is 338 g/mol. The monoisotopic (exact) mass is 363 g/mol. The number of carbonyl (C=O) groups is 1. The van der Waals surface area contributed by atoms with E-state index in [2.05, 4.69) is 40.7 Å². The van der Waals surface area contributed by atoms with Gasteiger partial charge in [0.25, 0.3) is 0 Å². The van der Waals surface area contributed by atoms with Crippen LogP contribution < -0.4 is 10.1 Å². The first-order chi connectivity index (χ1) is 13.0. The largest absolute Gasteiger partial charge is 0.497 e. The van der Waals surface area contributed by atoms with Gasteiger partial charge >= 0.3 is 0 Å². The number of methoxy groups -OCH3 is 1. The predicted molar refractivity (Wildman–Crippen MR) is 106 cm³/mol. The highest BCUT2D eigenvalue weighted by Crippen LogP contribution is 2.14. The van der Waals surface area contributed by atoms with Crippen LogP contribution in [0.15, 0.2) is 54.6 Å². The minimum atomic E-state index is 0.0162. The second-order valence-corrected chi connectivity index (χ2v) is 6.63. The summed E-state index contributed by atoms with van der Waals surface area (Å²) in [5, 5.41) is 7.48. The molecule has 1 aromatic heterocycles. The van der Waals surface area contributed by atoms with Crippen molar-refractivity contribution in [1.29, 1.82) is 0 Å². The van der Waals surface area contributed by atoms with Crippen LogP contribution in [0, 0.1) is 13.8 Å². The molecule has 0 saturated carbocycles. The van der Waals surface area contributed by atoms with Crippen molar-refractivity contribution in [1.82, 2.24) is 15.1 Å². The Morgan fingerprint density at radius 1 is 1.07 bits per heavy atom. The molecule has 0 aliphatic rings. The van der Waals surface area contributed by atoms with Gasteiger partial charge < -0.3 is 10.1 Å². The van der Waals surface area contributed by atoms with E-state index in [-0.39, 0.29) is 5.91 Å². The summed E-state index contributed by atoms with van der Waals surface area (Å²) in [4.78, 5) is 12.1. The van der Waals surface area contributed by atoms with E-state index in [4.69, 9.17) is 4.74 Å². The summed E-state index contributed by atoms with van der Waals surface area (Å²) in [6, 6.07) is 17.9. The van der Waals surface area contributed by atoms with Crippen molar-refractivity contribution in [3.8, 4) is 11.4 Å². The normalized spacial score (nSPS) is 10.6. The first-order valence-electron chi connectivity index (χ1n) is 9.07. The van der Waals surface area contributed by atoms with E-state index in [0.29, 0.717) is 13.0 Å². The smallest absolute Gasteiger partial charge is 0.224 e. The lowest BCUT2D eigenvalue weighted by Crippen LogP contribution is -2.27. The molecule has 5 nitrogen and oxygen atoms in total. The molecule has 0 bridgehead atoms. The molecule has 0 saturated heterocycles. The summed E-state index contributed by atoms with van der Waals surface area (Å²) < 4.78 is 7.13. The van der Waals surface area contributed by atoms with E-state index in [1.165, 1.54) is 5.56 Å². The Balaban J connectivity index is 1.50. The zero-order chi connectivity index (χ0) is 19.2. The van der Waals surface area contributed by atoms with Gasteiger partial charge in [-0.05, 0) is 61.7 Å². The summed E-state index contributed by atoms with van der Waals surface area (Å²) in [7, 11) is 1.62. The third-order valence-electron chi connectivity index (χ3n) is 4.43. The van der Waals surface area contributed by atoms with Crippen LogP contribution >= 0.6 is 0 Å². The van der Waals surface area contributed by atoms with Crippen molar-refractivity contribution < 1.29 is 9.53 Å². The van der Waals surface area contributed by atoms with E-state index in [1.54, 1.807) is 7.11 Å². The van der Waals surface area contributed by atoms with Gasteiger partial charge in [0.1, 0.15) is 5.75 Å². The topological polar surface area (TPSA) is 56.1 Å². The SMILES string of the molecule is COc1cccc(CC(=O)NCCc2ccc(-n3nc(C)cc3C)cc2)c1. The molecule has 1 heterocycles. The molecule has 0 aliphatic heterocycles. The number of rotatable bonds is 7. The van der Waals surface area contributed by atoms with Gasteiger partial charge in [-0.2, -0.15) is 5.10 Å². The molecule has 5 heteroatoms. The third-order valence-corrected chi connectivity index (χ3v) is 4.43. The number of carbonyl (C=O) groups excluding carboxylic acids is 1. The number of nitrogens with one attached hydrogen (secondary N) is 1. The zero-order valence-corrected chi connectivity index (χ0v) is 16.0. The first-order valence-corrected chi connectivity index (χ1v) is 9.07. The average molecular weight is 363 g/mol. The van der Waals surface area contributed by atoms with Crippen LogP contribution in [0.4, 0.5) is 0 Å². The molecule has 3 aromatic rings. The van der Waals surface area contributed by atoms with Gasteiger partial charge in [-0.15, -0.1) is 0 Å². The Kier molecular flexibility index (Phi) is 5.91. The van der Waals surface area contributed by atoms with Gasteiger partial charge in [-0.3, -0.25) is 4.79 Å². The Labute approximate surface area is 160 Å². The highest BCUT2D eigenvalue weighted by Gasteiger charge is 2.06. The minimum absolute atomic E-state index is 0.0162. The first kappa shape index (κ1) is 18.7. The highest BCUT2D eigenvalue weighted by molar-refractivity contribution is 5.78. The van der Waals surface area contributed by atoms with Crippen LogP contribution in [0.1, 0.15) is 22.5 Å². The van der Waals surface area contributed by atoms with Crippen molar-refractivity contribution in [3.05, 3.63) is 77.1 Å². The van der Waals surface area contributed by atoms with Gasteiger partial charge in [0, 0.05) is 12.2 Å². The van der Waals surface area contributed by atoms with E-state index < -0.39 is 0 Å². The summed E-state index contributed by atoms with van der Waals surface area (Å²) in [5.74, 6) is 0.783. The Morgan fingerprint density at radius 2 is 1.85 bits per heavy atom. The van der Waals surface area contributed by atoms with E-state index in [1.807, 2.05) is 42.8 Å². The highest BCUT2D eigenvalue weighted by atomic mass is 16.5. The van der Waals surface area contributed by atoms with Crippen LogP contribution in [-0.2, 0) is 17.6 Å². The molecule has 140 valence electrons. The number of hydrogen-bond donors (Lipinski definition) is 1. The van der Waals surface area contributed by atoms with E-state index >= 15 is 0 Å². The van der Waals surface area contributed by atoms with Crippen LogP contribution in [0.2, 0.25) is 0 Å². The van der Waals surface area contributed by atoms with Crippen molar-refractivity contribution in [2.75, 3.05) is 13.7 Å². The summed E-state index contributed by atoms with van der Waals surface area (Å²) in [6.07, 6.45) is 1.15. The van der Waals surface area contributed by atoms with Crippen LogP contribution in [0.5, 0.6) is 5.75 Å². The van der Waals surface area contributed by atoms with Crippen molar-refractivity contribution in [2.24, 2.45) is 0 Å². The van der Waals surface area contributed by atoms with Gasteiger partial charge in [0.15, 0.2) is 0 Å². The fourth-order valence-electron chi connectivity index (χ4n) is 3.07. The van der Waals surface area contributed by atoms with Crippen molar-refractivity contribution in [3.63, 3.8) is 0 Å². The van der Waals surface area contributed by atoms with Gasteiger partial charge in [0.2, 0.25) is 5.91 Å². The number of benzene rings is 2. The second-order valence-electron chi connectivity index (χ2n) is 6.63. The molecule has 27 heavy (non-hydrogen) atoms. The molecule has 3 rings (SSSR count). The Bertz CT molecular complexity index is 914. The molecule has 0 fully saturated rings. The maximum atomic E-state index is 12.1. The number of ether oxygens (including phenoxy) is 1. The number of aromatic nitrogens is 2. The third kappa shape index (κ3) is 4.97. The van der Waals surface area contributed by atoms with Gasteiger partial charge in [-0.25, -0.2) is 4.68 Å². The molecule has 0 spiro atoms. The van der Waals surface area contributed by atoms with Crippen LogP contribution in [0.3, 0.4) is 0 Å². The molecule has 1 amide bonds. The summed E-state index contributed by atoms with van der Waals surface area (Å²) >= 11 is 0. The summed E-state index contributed by atoms with van der Waals surface area (Å²) in [5.41, 5.74) is 5.30. The fraction of sp³-hybridized carbons (Fsp3) is 0.273. The molecule has 0 aliphatic carbocycles. The Hall–Kier alpha value is -3.08.